The quantitative estimate of drug-likeness (QED) is 0.617. The SMILES string of the molecule is C=C[C@@H]1CC1(NC(=O)OCc1ccccc1)[P+](=O)OCC. The van der Waals surface area contributed by atoms with E-state index in [-0.39, 0.29) is 12.5 Å². The van der Waals surface area contributed by atoms with E-state index < -0.39 is 19.4 Å². The van der Waals surface area contributed by atoms with Crippen LogP contribution < -0.4 is 5.32 Å². The molecule has 1 aliphatic rings. The molecular formula is C15H19NO4P+. The lowest BCUT2D eigenvalue weighted by molar-refractivity contribution is 0.136. The molecule has 0 heterocycles. The summed E-state index contributed by atoms with van der Waals surface area (Å²) in [5.74, 6) is -0.0445. The van der Waals surface area contributed by atoms with Gasteiger partial charge < -0.3 is 4.74 Å². The van der Waals surface area contributed by atoms with E-state index in [1.165, 1.54) is 0 Å². The Hall–Kier alpha value is -1.71. The van der Waals surface area contributed by atoms with Crippen LogP contribution in [0.5, 0.6) is 0 Å². The van der Waals surface area contributed by atoms with E-state index in [0.29, 0.717) is 13.0 Å². The second-order valence-corrected chi connectivity index (χ2v) is 6.40. The number of hydrogen-bond donors (Lipinski definition) is 1. The fraction of sp³-hybridized carbons (Fsp3) is 0.400. The molecule has 2 rings (SSSR count). The predicted molar refractivity (Wildman–Crippen MR) is 80.0 cm³/mol. The molecule has 0 aliphatic heterocycles. The highest BCUT2D eigenvalue weighted by Crippen LogP contribution is 2.60. The molecule has 0 bridgehead atoms. The van der Waals surface area contributed by atoms with Crippen molar-refractivity contribution in [2.24, 2.45) is 5.92 Å². The average molecular weight is 308 g/mol. The topological polar surface area (TPSA) is 64.6 Å². The molecule has 1 N–H and O–H groups in total. The van der Waals surface area contributed by atoms with Gasteiger partial charge in [-0.3, -0.25) is 5.32 Å². The Kier molecular flexibility index (Phi) is 5.10. The molecule has 1 saturated carbocycles. The minimum atomic E-state index is -1.99. The van der Waals surface area contributed by atoms with Gasteiger partial charge in [-0.05, 0) is 17.1 Å². The summed E-state index contributed by atoms with van der Waals surface area (Å²) < 4.78 is 22.4. The summed E-state index contributed by atoms with van der Waals surface area (Å²) in [5.41, 5.74) is 0.895. The Labute approximate surface area is 125 Å². The normalized spacial score (nSPS) is 24.0. The smallest absolute Gasteiger partial charge is 0.445 e. The van der Waals surface area contributed by atoms with Gasteiger partial charge in [-0.25, -0.2) is 4.79 Å². The number of benzene rings is 1. The minimum absolute atomic E-state index is 0.0445. The molecule has 0 saturated heterocycles. The average Bonchev–Trinajstić information content (AvgIpc) is 3.21. The first-order valence-corrected chi connectivity index (χ1v) is 8.02. The molecule has 0 radical (unpaired) electrons. The lowest BCUT2D eigenvalue weighted by Gasteiger charge is -2.09. The third-order valence-electron chi connectivity index (χ3n) is 3.37. The van der Waals surface area contributed by atoms with E-state index in [1.807, 2.05) is 30.3 Å². The number of carbonyl (C=O) groups excluding carboxylic acids is 1. The van der Waals surface area contributed by atoms with Crippen LogP contribution in [0, 0.1) is 5.92 Å². The van der Waals surface area contributed by atoms with Crippen molar-refractivity contribution in [2.45, 2.75) is 25.2 Å². The molecule has 5 nitrogen and oxygen atoms in total. The summed E-state index contributed by atoms with van der Waals surface area (Å²) in [6.07, 6.45) is 1.65. The number of alkyl carbamates (subject to hydrolysis) is 1. The summed E-state index contributed by atoms with van der Waals surface area (Å²) in [5, 5.41) is 1.82. The van der Waals surface area contributed by atoms with E-state index in [4.69, 9.17) is 9.26 Å². The zero-order valence-electron chi connectivity index (χ0n) is 12.0. The molecule has 1 aliphatic carbocycles. The maximum absolute atomic E-state index is 12.1. The number of amides is 1. The predicted octanol–water partition coefficient (Wildman–Crippen LogP) is 3.59. The molecule has 1 aromatic carbocycles. The number of ether oxygens (including phenoxy) is 1. The molecule has 1 amide bonds. The van der Waals surface area contributed by atoms with Gasteiger partial charge >= 0.3 is 14.1 Å². The highest BCUT2D eigenvalue weighted by Gasteiger charge is 2.71. The van der Waals surface area contributed by atoms with E-state index in [0.717, 1.165) is 5.56 Å². The Morgan fingerprint density at radius 3 is 2.81 bits per heavy atom. The van der Waals surface area contributed by atoms with Crippen molar-refractivity contribution >= 4 is 14.1 Å². The van der Waals surface area contributed by atoms with Gasteiger partial charge in [-0.2, -0.15) is 0 Å². The minimum Gasteiger partial charge on any atom is -0.445 e. The van der Waals surface area contributed by atoms with E-state index in [2.05, 4.69) is 11.9 Å². The van der Waals surface area contributed by atoms with Crippen LogP contribution in [0.15, 0.2) is 43.0 Å². The summed E-state index contributed by atoms with van der Waals surface area (Å²) in [6, 6.07) is 9.38. The zero-order valence-corrected chi connectivity index (χ0v) is 12.8. The lowest BCUT2D eigenvalue weighted by atomic mass is 10.2. The van der Waals surface area contributed by atoms with E-state index >= 15 is 0 Å². The monoisotopic (exact) mass is 308 g/mol. The van der Waals surface area contributed by atoms with Gasteiger partial charge in [0.2, 0.25) is 0 Å². The molecule has 2 unspecified atom stereocenters. The Morgan fingerprint density at radius 2 is 2.24 bits per heavy atom. The van der Waals surface area contributed by atoms with Crippen molar-refractivity contribution in [3.05, 3.63) is 48.6 Å². The number of nitrogens with one attached hydrogen (secondary N) is 1. The first-order valence-electron chi connectivity index (χ1n) is 6.84. The van der Waals surface area contributed by atoms with Crippen molar-refractivity contribution in [1.29, 1.82) is 0 Å². The molecule has 1 fully saturated rings. The number of carbonyl (C=O) groups is 1. The van der Waals surface area contributed by atoms with Crippen LogP contribution in [0.2, 0.25) is 0 Å². The largest absolute Gasteiger partial charge is 0.537 e. The van der Waals surface area contributed by atoms with Crippen molar-refractivity contribution in [3.63, 3.8) is 0 Å². The van der Waals surface area contributed by atoms with E-state index in [9.17, 15) is 9.36 Å². The molecule has 0 spiro atoms. The van der Waals surface area contributed by atoms with Crippen LogP contribution in [0.4, 0.5) is 4.79 Å². The molecular weight excluding hydrogens is 289 g/mol. The second-order valence-electron chi connectivity index (χ2n) is 4.83. The molecule has 3 atom stereocenters. The van der Waals surface area contributed by atoms with Crippen molar-refractivity contribution in [1.82, 2.24) is 5.32 Å². The fourth-order valence-corrected chi connectivity index (χ4v) is 3.49. The van der Waals surface area contributed by atoms with Gasteiger partial charge in [-0.15, -0.1) is 11.1 Å². The third kappa shape index (κ3) is 3.69. The highest BCUT2D eigenvalue weighted by molar-refractivity contribution is 7.41. The van der Waals surface area contributed by atoms with E-state index in [1.54, 1.807) is 13.0 Å². The van der Waals surface area contributed by atoms with Crippen LogP contribution in [-0.4, -0.2) is 18.0 Å². The van der Waals surface area contributed by atoms with Crippen molar-refractivity contribution < 1.29 is 18.6 Å². The summed E-state index contributed by atoms with van der Waals surface area (Å²) >= 11 is 0. The van der Waals surface area contributed by atoms with Crippen LogP contribution in [-0.2, 0) is 20.4 Å². The van der Waals surface area contributed by atoms with Crippen LogP contribution >= 0.6 is 8.03 Å². The maximum Gasteiger partial charge on any atom is 0.537 e. The summed E-state index contributed by atoms with van der Waals surface area (Å²) in [6.45, 7) is 5.96. The second kappa shape index (κ2) is 6.83. The summed E-state index contributed by atoms with van der Waals surface area (Å²) in [7, 11) is -1.99. The zero-order chi connectivity index (χ0) is 15.3. The number of rotatable bonds is 7. The summed E-state index contributed by atoms with van der Waals surface area (Å²) in [4.78, 5) is 11.9. The molecule has 21 heavy (non-hydrogen) atoms. The van der Waals surface area contributed by atoms with Gasteiger partial charge in [0, 0.05) is 6.42 Å². The number of hydrogen-bond acceptors (Lipinski definition) is 4. The first-order chi connectivity index (χ1) is 10.1. The standard InChI is InChI=1S/C15H18NO4P/c1-3-13-10-15(13,21(18)20-4-2)16-14(17)19-11-12-8-6-5-7-9-12/h3,5-9,13H,1,4,10-11H2,2H3/p+1/t13-,15?/m1/s1. The Balaban J connectivity index is 1.91. The lowest BCUT2D eigenvalue weighted by Crippen LogP contribution is -2.36. The molecule has 0 aromatic heterocycles. The first kappa shape index (κ1) is 15.7. The van der Waals surface area contributed by atoms with Gasteiger partial charge in [0.1, 0.15) is 6.61 Å². The van der Waals surface area contributed by atoms with Crippen LogP contribution in [0.3, 0.4) is 0 Å². The van der Waals surface area contributed by atoms with Gasteiger partial charge in [0.05, 0.1) is 12.5 Å². The van der Waals surface area contributed by atoms with Gasteiger partial charge in [0.25, 0.3) is 5.28 Å². The third-order valence-corrected chi connectivity index (χ3v) is 5.14. The molecule has 1 aromatic rings. The van der Waals surface area contributed by atoms with Gasteiger partial charge in [-0.1, -0.05) is 36.4 Å². The van der Waals surface area contributed by atoms with Gasteiger partial charge in [0.15, 0.2) is 0 Å². The van der Waals surface area contributed by atoms with Crippen molar-refractivity contribution in [3.8, 4) is 0 Å². The van der Waals surface area contributed by atoms with Crippen LogP contribution in [0.1, 0.15) is 18.9 Å². The molecule has 6 heteroatoms. The van der Waals surface area contributed by atoms with Crippen molar-refractivity contribution in [2.75, 3.05) is 6.61 Å². The Bertz CT molecular complexity index is 534. The maximum atomic E-state index is 12.1. The fourth-order valence-electron chi connectivity index (χ4n) is 2.12. The van der Waals surface area contributed by atoms with Crippen LogP contribution in [0.25, 0.3) is 0 Å². The Morgan fingerprint density at radius 1 is 1.52 bits per heavy atom. The highest BCUT2D eigenvalue weighted by atomic mass is 31.1. The molecule has 112 valence electrons.